The molecule has 0 spiro atoms. The van der Waals surface area contributed by atoms with Crippen molar-refractivity contribution in [2.45, 2.75) is 17.7 Å². The molecule has 0 aliphatic carbocycles. The summed E-state index contributed by atoms with van der Waals surface area (Å²) in [5.41, 5.74) is 3.35. The monoisotopic (exact) mass is 386 g/mol. The van der Waals surface area contributed by atoms with Crippen LogP contribution < -0.4 is 4.90 Å². The zero-order chi connectivity index (χ0) is 19.0. The van der Waals surface area contributed by atoms with Gasteiger partial charge in [0.25, 0.3) is 0 Å². The van der Waals surface area contributed by atoms with E-state index in [4.69, 9.17) is 0 Å². The lowest BCUT2D eigenvalue weighted by molar-refractivity contribution is 0.928. The van der Waals surface area contributed by atoms with E-state index < -0.39 is 0 Å². The smallest absolute Gasteiger partial charge is 0.132 e. The molecule has 5 heteroatoms. The third kappa shape index (κ3) is 4.67. The van der Waals surface area contributed by atoms with Gasteiger partial charge in [0, 0.05) is 47.6 Å². The molecule has 0 atom stereocenters. The van der Waals surface area contributed by atoms with Crippen LogP contribution in [0.2, 0.25) is 0 Å². The van der Waals surface area contributed by atoms with Gasteiger partial charge in [0.2, 0.25) is 0 Å². The van der Waals surface area contributed by atoms with Gasteiger partial charge in [0.15, 0.2) is 0 Å². The van der Waals surface area contributed by atoms with E-state index in [9.17, 15) is 0 Å². The van der Waals surface area contributed by atoms with Crippen LogP contribution in [-0.4, -0.2) is 29.3 Å². The molecule has 2 aliphatic heterocycles. The number of aliphatic imine (C=N–C) groups is 1. The fraction of sp³-hybridized carbons (Fsp3) is 0.174. The molecule has 140 valence electrons. The third-order valence-electron chi connectivity index (χ3n) is 4.63. The number of hydrogen-bond donors (Lipinski definition) is 0. The molecule has 28 heavy (non-hydrogen) atoms. The molecule has 1 saturated heterocycles. The molecule has 0 saturated carbocycles. The van der Waals surface area contributed by atoms with Crippen LogP contribution in [0.25, 0.3) is 11.3 Å². The van der Waals surface area contributed by atoms with E-state index in [1.807, 2.05) is 48.2 Å². The number of rotatable bonds is 2. The number of hydrogen-bond acceptors (Lipinski definition) is 5. The highest BCUT2D eigenvalue weighted by Crippen LogP contribution is 2.24. The Morgan fingerprint density at radius 3 is 2.50 bits per heavy atom. The maximum absolute atomic E-state index is 4.36. The Hall–Kier alpha value is -2.92. The van der Waals surface area contributed by atoms with Crippen molar-refractivity contribution in [2.75, 3.05) is 18.0 Å². The summed E-state index contributed by atoms with van der Waals surface area (Å²) >= 11 is 1.70. The minimum absolute atomic E-state index is 1.00. The number of nitrogens with zero attached hydrogens (tertiary/aromatic N) is 4. The standard InChI is InChI=1S/C14H15N3.C9H7NS/c1-2-6-12(7-3-1)13-10-14(16-11-15-13)17-8-4-5-9-17;1-2-4-9-8(3-1)7-10-5-6-11-9/h1-3,6-7,10-11H,4-5,8-9H2;1-7H. The van der Waals surface area contributed by atoms with Gasteiger partial charge in [-0.05, 0) is 24.3 Å². The number of thioether (sulfide) groups is 1. The van der Waals surface area contributed by atoms with Crippen LogP contribution in [0.15, 0.2) is 88.5 Å². The van der Waals surface area contributed by atoms with Crippen LogP contribution in [0, 0.1) is 0 Å². The maximum Gasteiger partial charge on any atom is 0.132 e. The lowest BCUT2D eigenvalue weighted by Gasteiger charge is -2.16. The second-order valence-corrected chi connectivity index (χ2v) is 7.49. The summed E-state index contributed by atoms with van der Waals surface area (Å²) in [5.74, 6) is 1.05. The number of fused-ring (bicyclic) bond motifs is 1. The van der Waals surface area contributed by atoms with E-state index in [0.717, 1.165) is 30.2 Å². The number of anilines is 1. The van der Waals surface area contributed by atoms with Crippen molar-refractivity contribution in [2.24, 2.45) is 4.99 Å². The predicted molar refractivity (Wildman–Crippen MR) is 118 cm³/mol. The van der Waals surface area contributed by atoms with Crippen LogP contribution in [0.5, 0.6) is 0 Å². The van der Waals surface area contributed by atoms with Crippen molar-refractivity contribution < 1.29 is 0 Å². The quantitative estimate of drug-likeness (QED) is 0.589. The number of benzene rings is 2. The summed E-state index contributed by atoms with van der Waals surface area (Å²) in [6.45, 7) is 2.23. The molecule has 0 bridgehead atoms. The van der Waals surface area contributed by atoms with Crippen LogP contribution in [0.1, 0.15) is 18.4 Å². The largest absolute Gasteiger partial charge is 0.357 e. The van der Waals surface area contributed by atoms with Crippen molar-refractivity contribution >= 4 is 23.8 Å². The summed E-state index contributed by atoms with van der Waals surface area (Å²) in [6, 6.07) is 20.6. The van der Waals surface area contributed by atoms with Gasteiger partial charge >= 0.3 is 0 Å². The van der Waals surface area contributed by atoms with Gasteiger partial charge in [-0.3, -0.25) is 4.99 Å². The lowest BCUT2D eigenvalue weighted by Crippen LogP contribution is -2.18. The van der Waals surface area contributed by atoms with Crippen molar-refractivity contribution in [1.82, 2.24) is 9.97 Å². The van der Waals surface area contributed by atoms with E-state index in [1.165, 1.54) is 23.3 Å². The van der Waals surface area contributed by atoms with E-state index in [-0.39, 0.29) is 0 Å². The fourth-order valence-corrected chi connectivity index (χ4v) is 3.88. The van der Waals surface area contributed by atoms with Crippen molar-refractivity contribution in [3.8, 4) is 11.3 Å². The molecule has 2 aliphatic rings. The maximum atomic E-state index is 4.36. The molecule has 4 nitrogen and oxygen atoms in total. The molecule has 0 unspecified atom stereocenters. The second kappa shape index (κ2) is 9.33. The van der Waals surface area contributed by atoms with E-state index in [2.05, 4.69) is 50.2 Å². The SMILES string of the molecule is C1=CSc2ccccc2C=N1.c1ccc(-c2cc(N3CCCC3)ncn2)cc1. The molecule has 1 aromatic heterocycles. The van der Waals surface area contributed by atoms with Crippen LogP contribution in [-0.2, 0) is 0 Å². The summed E-state index contributed by atoms with van der Waals surface area (Å²) in [6.07, 6.45) is 7.89. The van der Waals surface area contributed by atoms with Gasteiger partial charge in [-0.1, -0.05) is 60.3 Å². The first-order chi connectivity index (χ1) is 13.9. The molecule has 1 fully saturated rings. The molecule has 3 heterocycles. The number of aromatic nitrogens is 2. The van der Waals surface area contributed by atoms with E-state index in [0.29, 0.717) is 0 Å². The Morgan fingerprint density at radius 2 is 1.64 bits per heavy atom. The molecular formula is C23H22N4S. The molecule has 0 amide bonds. The highest BCUT2D eigenvalue weighted by molar-refractivity contribution is 8.02. The molecule has 5 rings (SSSR count). The van der Waals surface area contributed by atoms with E-state index >= 15 is 0 Å². The Labute approximate surface area is 170 Å². The highest BCUT2D eigenvalue weighted by Gasteiger charge is 2.14. The second-order valence-electron chi connectivity index (χ2n) is 6.54. The van der Waals surface area contributed by atoms with E-state index in [1.54, 1.807) is 18.1 Å². The zero-order valence-corrected chi connectivity index (χ0v) is 16.4. The first-order valence-electron chi connectivity index (χ1n) is 9.46. The van der Waals surface area contributed by atoms with Gasteiger partial charge in [-0.15, -0.1) is 0 Å². The Bertz CT molecular complexity index is 963. The summed E-state index contributed by atoms with van der Waals surface area (Å²) in [4.78, 5) is 16.4. The Morgan fingerprint density at radius 1 is 0.857 bits per heavy atom. The molecule has 0 N–H and O–H groups in total. The topological polar surface area (TPSA) is 41.4 Å². The Balaban J connectivity index is 0.000000151. The minimum Gasteiger partial charge on any atom is -0.357 e. The van der Waals surface area contributed by atoms with Gasteiger partial charge in [-0.25, -0.2) is 9.97 Å². The first kappa shape index (κ1) is 18.4. The molecule has 3 aromatic rings. The van der Waals surface area contributed by atoms with Gasteiger partial charge in [0.1, 0.15) is 12.1 Å². The molecular weight excluding hydrogens is 364 g/mol. The summed E-state index contributed by atoms with van der Waals surface area (Å²) < 4.78 is 0. The minimum atomic E-state index is 1.00. The van der Waals surface area contributed by atoms with Crippen LogP contribution in [0.3, 0.4) is 0 Å². The van der Waals surface area contributed by atoms with Crippen molar-refractivity contribution in [3.05, 3.63) is 84.2 Å². The lowest BCUT2D eigenvalue weighted by atomic mass is 10.1. The Kier molecular flexibility index (Phi) is 6.15. The van der Waals surface area contributed by atoms with Crippen molar-refractivity contribution in [1.29, 1.82) is 0 Å². The van der Waals surface area contributed by atoms with Gasteiger partial charge < -0.3 is 4.90 Å². The van der Waals surface area contributed by atoms with Gasteiger partial charge in [-0.2, -0.15) is 0 Å². The summed E-state index contributed by atoms with van der Waals surface area (Å²) in [5, 5.41) is 1.99. The summed E-state index contributed by atoms with van der Waals surface area (Å²) in [7, 11) is 0. The highest BCUT2D eigenvalue weighted by atomic mass is 32.2. The average Bonchev–Trinajstić information content (AvgIpc) is 3.20. The normalized spacial score (nSPS) is 14.8. The van der Waals surface area contributed by atoms with Gasteiger partial charge in [0.05, 0.1) is 5.69 Å². The first-order valence-corrected chi connectivity index (χ1v) is 10.3. The van der Waals surface area contributed by atoms with Crippen LogP contribution in [0.4, 0.5) is 5.82 Å². The predicted octanol–water partition coefficient (Wildman–Crippen LogP) is 5.43. The zero-order valence-electron chi connectivity index (χ0n) is 15.6. The molecule has 0 radical (unpaired) electrons. The van der Waals surface area contributed by atoms with Crippen LogP contribution >= 0.6 is 11.8 Å². The average molecular weight is 387 g/mol. The molecule has 2 aromatic carbocycles. The van der Waals surface area contributed by atoms with Crippen molar-refractivity contribution in [3.63, 3.8) is 0 Å². The fourth-order valence-electron chi connectivity index (χ4n) is 3.19. The third-order valence-corrected chi connectivity index (χ3v) is 5.51.